The van der Waals surface area contributed by atoms with Crippen molar-refractivity contribution in [3.05, 3.63) is 11.6 Å². The van der Waals surface area contributed by atoms with E-state index in [1.807, 2.05) is 4.90 Å². The van der Waals surface area contributed by atoms with Crippen LogP contribution in [0.3, 0.4) is 0 Å². The van der Waals surface area contributed by atoms with Crippen LogP contribution in [-0.2, 0) is 9.59 Å². The number of aliphatic carboxylic acids is 1. The van der Waals surface area contributed by atoms with E-state index in [-0.39, 0.29) is 11.8 Å². The van der Waals surface area contributed by atoms with Crippen LogP contribution in [0.2, 0.25) is 0 Å². The predicted molar refractivity (Wildman–Crippen MR) is 55.1 cm³/mol. The van der Waals surface area contributed by atoms with Gasteiger partial charge < -0.3 is 10.8 Å². The molecule has 0 spiro atoms. The molecule has 5 nitrogen and oxygen atoms in total. The van der Waals surface area contributed by atoms with Crippen molar-refractivity contribution >= 4 is 11.9 Å². The van der Waals surface area contributed by atoms with E-state index < -0.39 is 5.97 Å². The minimum atomic E-state index is -0.902. The first-order valence-corrected chi connectivity index (χ1v) is 4.92. The number of rotatable bonds is 4. The number of hydrogen-bond acceptors (Lipinski definition) is 3. The van der Waals surface area contributed by atoms with Crippen LogP contribution in [0.15, 0.2) is 11.6 Å². The van der Waals surface area contributed by atoms with Crippen molar-refractivity contribution in [3.63, 3.8) is 0 Å². The zero-order valence-corrected chi connectivity index (χ0v) is 8.77. The zero-order chi connectivity index (χ0) is 11.4. The van der Waals surface area contributed by atoms with Crippen LogP contribution < -0.4 is 5.73 Å². The lowest BCUT2D eigenvalue weighted by Crippen LogP contribution is -2.27. The van der Waals surface area contributed by atoms with Crippen LogP contribution in [0.1, 0.15) is 13.3 Å². The Morgan fingerprint density at radius 1 is 1.60 bits per heavy atom. The summed E-state index contributed by atoms with van der Waals surface area (Å²) in [5.74, 6) is -1.25. The van der Waals surface area contributed by atoms with Gasteiger partial charge in [-0.25, -0.2) is 4.79 Å². The molecule has 3 N–H and O–H groups in total. The maximum Gasteiger partial charge on any atom is 0.330 e. The van der Waals surface area contributed by atoms with Gasteiger partial charge in [0.05, 0.1) is 5.92 Å². The lowest BCUT2D eigenvalue weighted by molar-refractivity contribution is -0.132. The van der Waals surface area contributed by atoms with E-state index in [0.29, 0.717) is 18.7 Å². The topological polar surface area (TPSA) is 83.6 Å². The van der Waals surface area contributed by atoms with E-state index in [1.165, 1.54) is 0 Å². The number of likely N-dealkylation sites (tertiary alicyclic amines) is 1. The quantitative estimate of drug-likeness (QED) is 0.633. The molecule has 1 aliphatic heterocycles. The minimum Gasteiger partial charge on any atom is -0.478 e. The van der Waals surface area contributed by atoms with Crippen molar-refractivity contribution < 1.29 is 14.7 Å². The number of primary amides is 1. The first-order valence-electron chi connectivity index (χ1n) is 4.92. The molecular formula is C10H16N2O3. The Morgan fingerprint density at radius 3 is 2.73 bits per heavy atom. The molecule has 0 bridgehead atoms. The largest absolute Gasteiger partial charge is 0.478 e. The average molecular weight is 212 g/mol. The number of hydrogen-bond donors (Lipinski definition) is 2. The smallest absolute Gasteiger partial charge is 0.330 e. The highest BCUT2D eigenvalue weighted by Gasteiger charge is 2.25. The van der Waals surface area contributed by atoms with Crippen molar-refractivity contribution in [2.24, 2.45) is 11.7 Å². The summed E-state index contributed by atoms with van der Waals surface area (Å²) in [7, 11) is 0. The van der Waals surface area contributed by atoms with Crippen molar-refractivity contribution in [2.75, 3.05) is 19.6 Å². The van der Waals surface area contributed by atoms with E-state index in [9.17, 15) is 9.59 Å². The molecular weight excluding hydrogens is 196 g/mol. The van der Waals surface area contributed by atoms with Crippen LogP contribution >= 0.6 is 0 Å². The lowest BCUT2D eigenvalue weighted by atomic mass is 10.1. The summed E-state index contributed by atoms with van der Waals surface area (Å²) in [6, 6.07) is 0. The third-order valence-corrected chi connectivity index (χ3v) is 2.67. The summed E-state index contributed by atoms with van der Waals surface area (Å²) in [5, 5.41) is 8.64. The molecule has 1 aliphatic rings. The van der Waals surface area contributed by atoms with Gasteiger partial charge in [0.15, 0.2) is 0 Å². The van der Waals surface area contributed by atoms with E-state index in [1.54, 1.807) is 13.0 Å². The first kappa shape index (κ1) is 11.7. The van der Waals surface area contributed by atoms with Crippen molar-refractivity contribution in [1.82, 2.24) is 4.90 Å². The molecule has 5 heteroatoms. The predicted octanol–water partition coefficient (Wildman–Crippen LogP) is -0.175. The Bertz CT molecular complexity index is 299. The molecule has 0 aromatic heterocycles. The molecule has 1 amide bonds. The molecule has 1 fully saturated rings. The fourth-order valence-electron chi connectivity index (χ4n) is 1.58. The highest BCUT2D eigenvalue weighted by atomic mass is 16.4. The zero-order valence-electron chi connectivity index (χ0n) is 8.77. The molecule has 84 valence electrons. The Balaban J connectivity index is 2.40. The molecule has 1 unspecified atom stereocenters. The Hall–Kier alpha value is -1.36. The molecule has 15 heavy (non-hydrogen) atoms. The molecule has 1 heterocycles. The van der Waals surface area contributed by atoms with Crippen LogP contribution in [-0.4, -0.2) is 41.5 Å². The number of carboxylic acid groups (broad SMARTS) is 1. The van der Waals surface area contributed by atoms with Crippen LogP contribution in [0.4, 0.5) is 0 Å². The second kappa shape index (κ2) is 4.93. The molecule has 0 aromatic carbocycles. The SMILES string of the molecule is CC(=CCN1CCC(C(N)=O)C1)C(=O)O. The number of carboxylic acids is 1. The third-order valence-electron chi connectivity index (χ3n) is 2.67. The van der Waals surface area contributed by atoms with Gasteiger partial charge in [0.1, 0.15) is 0 Å². The number of amides is 1. The molecule has 1 saturated heterocycles. The van der Waals surface area contributed by atoms with Crippen molar-refractivity contribution in [1.29, 1.82) is 0 Å². The highest BCUT2D eigenvalue weighted by Crippen LogP contribution is 2.15. The highest BCUT2D eigenvalue weighted by molar-refractivity contribution is 5.85. The van der Waals surface area contributed by atoms with Crippen LogP contribution in [0, 0.1) is 5.92 Å². The van der Waals surface area contributed by atoms with Crippen molar-refractivity contribution in [2.45, 2.75) is 13.3 Å². The fraction of sp³-hybridized carbons (Fsp3) is 0.600. The van der Waals surface area contributed by atoms with Gasteiger partial charge in [-0.15, -0.1) is 0 Å². The number of nitrogens with two attached hydrogens (primary N) is 1. The molecule has 1 rings (SSSR count). The molecule has 0 aliphatic carbocycles. The van der Waals surface area contributed by atoms with Crippen LogP contribution in [0.25, 0.3) is 0 Å². The van der Waals surface area contributed by atoms with Gasteiger partial charge in [0.25, 0.3) is 0 Å². The van der Waals surface area contributed by atoms with Gasteiger partial charge in [-0.1, -0.05) is 6.08 Å². The average Bonchev–Trinajstić information content (AvgIpc) is 2.62. The van der Waals surface area contributed by atoms with Gasteiger partial charge in [-0.05, 0) is 19.9 Å². The van der Waals surface area contributed by atoms with Gasteiger partial charge in [0, 0.05) is 18.7 Å². The maximum atomic E-state index is 10.9. The fourth-order valence-corrected chi connectivity index (χ4v) is 1.58. The molecule has 0 aromatic rings. The summed E-state index contributed by atoms with van der Waals surface area (Å²) < 4.78 is 0. The summed E-state index contributed by atoms with van der Waals surface area (Å²) in [6.07, 6.45) is 2.43. The normalized spacial score (nSPS) is 23.0. The first-order chi connectivity index (χ1) is 7.00. The van der Waals surface area contributed by atoms with Crippen LogP contribution in [0.5, 0.6) is 0 Å². The van der Waals surface area contributed by atoms with E-state index in [0.717, 1.165) is 13.0 Å². The van der Waals surface area contributed by atoms with Gasteiger partial charge in [0.2, 0.25) is 5.91 Å². The Kier molecular flexibility index (Phi) is 3.85. The summed E-state index contributed by atoms with van der Waals surface area (Å²) in [6.45, 7) is 3.57. The summed E-state index contributed by atoms with van der Waals surface area (Å²) in [4.78, 5) is 23.4. The standard InChI is InChI=1S/C10H16N2O3/c1-7(10(14)15)2-4-12-5-3-8(6-12)9(11)13/h2,8H,3-6H2,1H3,(H2,11,13)(H,14,15). The van der Waals surface area contributed by atoms with E-state index >= 15 is 0 Å². The lowest BCUT2D eigenvalue weighted by Gasteiger charge is -2.12. The van der Waals surface area contributed by atoms with E-state index in [4.69, 9.17) is 10.8 Å². The molecule has 0 radical (unpaired) electrons. The third kappa shape index (κ3) is 3.36. The maximum absolute atomic E-state index is 10.9. The van der Waals surface area contributed by atoms with E-state index in [2.05, 4.69) is 0 Å². The number of carbonyl (C=O) groups is 2. The minimum absolute atomic E-state index is 0.0801. The van der Waals surface area contributed by atoms with Gasteiger partial charge in [-0.3, -0.25) is 9.69 Å². The second-order valence-corrected chi connectivity index (χ2v) is 3.84. The Morgan fingerprint density at radius 2 is 2.27 bits per heavy atom. The monoisotopic (exact) mass is 212 g/mol. The van der Waals surface area contributed by atoms with Crippen molar-refractivity contribution in [3.8, 4) is 0 Å². The summed E-state index contributed by atoms with van der Waals surface area (Å²) >= 11 is 0. The number of carbonyl (C=O) groups excluding carboxylic acids is 1. The Labute approximate surface area is 88.5 Å². The van der Waals surface area contributed by atoms with Gasteiger partial charge >= 0.3 is 5.97 Å². The second-order valence-electron chi connectivity index (χ2n) is 3.84. The molecule has 1 atom stereocenters. The van der Waals surface area contributed by atoms with Gasteiger partial charge in [-0.2, -0.15) is 0 Å². The molecule has 0 saturated carbocycles. The number of nitrogens with zero attached hydrogens (tertiary/aromatic N) is 1. The summed E-state index contributed by atoms with van der Waals surface area (Å²) in [5.41, 5.74) is 5.52.